The molecule has 0 bridgehead atoms. The van der Waals surface area contributed by atoms with Crippen LogP contribution in [-0.4, -0.2) is 84.6 Å². The zero-order chi connectivity index (χ0) is 30.4. The lowest BCUT2D eigenvalue weighted by Gasteiger charge is -2.32. The highest BCUT2D eigenvalue weighted by Gasteiger charge is 2.45. The highest BCUT2D eigenvalue weighted by molar-refractivity contribution is 7.84. The fraction of sp³-hybridized carbons (Fsp3) is 0.688. The van der Waals surface area contributed by atoms with Crippen LogP contribution in [0.3, 0.4) is 0 Å². The van der Waals surface area contributed by atoms with Crippen molar-refractivity contribution >= 4 is 22.6 Å². The minimum atomic E-state index is -1.07. The van der Waals surface area contributed by atoms with Gasteiger partial charge in [0.2, 0.25) is 0 Å². The maximum Gasteiger partial charge on any atom is 0.303 e. The first-order valence-electron chi connectivity index (χ1n) is 15.5. The number of Topliss-reactive ketones (excluding diaryl/α,β-unsaturated/α-hetero) is 1. The van der Waals surface area contributed by atoms with Crippen molar-refractivity contribution in [2.24, 2.45) is 5.92 Å². The Bertz CT molecular complexity index is 1050. The lowest BCUT2D eigenvalue weighted by atomic mass is 9.99. The van der Waals surface area contributed by atoms with Crippen LogP contribution in [-0.2, 0) is 44.1 Å². The first kappa shape index (κ1) is 33.7. The summed E-state index contributed by atoms with van der Waals surface area (Å²) in [7, 11) is -1.07. The molecule has 7 atom stereocenters. The Kier molecular flexibility index (Phi) is 14.1. The number of carboxylic acids is 1. The number of allylic oxidation sites excluding steroid dienone is 2. The van der Waals surface area contributed by atoms with Crippen LogP contribution in [0.15, 0.2) is 41.3 Å². The lowest BCUT2D eigenvalue weighted by molar-refractivity contribution is -0.226. The molecule has 0 amide bonds. The van der Waals surface area contributed by atoms with Gasteiger partial charge in [0, 0.05) is 48.0 Å². The SMILES string of the molecule is CS(=O)c1ccc(OCC(COC2C(OC3CCCCO3)CC(=O)C2C/C=C/CCCC(=O)O)OC2CCCCO2)cc1. The van der Waals surface area contributed by atoms with Crippen LogP contribution < -0.4 is 4.74 Å². The first-order valence-corrected chi connectivity index (χ1v) is 17.1. The Labute approximate surface area is 256 Å². The molecule has 3 fully saturated rings. The molecular formula is C32H46O10S. The Balaban J connectivity index is 1.41. The van der Waals surface area contributed by atoms with Crippen molar-refractivity contribution in [3.8, 4) is 5.75 Å². The molecule has 2 saturated heterocycles. The van der Waals surface area contributed by atoms with Crippen LogP contribution >= 0.6 is 0 Å². The van der Waals surface area contributed by atoms with Gasteiger partial charge in [-0.05, 0) is 82.1 Å². The summed E-state index contributed by atoms with van der Waals surface area (Å²) < 4.78 is 48.5. The molecule has 4 rings (SSSR count). The van der Waals surface area contributed by atoms with Gasteiger partial charge in [0.25, 0.3) is 0 Å². The zero-order valence-electron chi connectivity index (χ0n) is 25.1. The van der Waals surface area contributed by atoms with E-state index in [0.29, 0.717) is 38.2 Å². The number of benzene rings is 1. The van der Waals surface area contributed by atoms with E-state index in [-0.39, 0.29) is 50.3 Å². The van der Waals surface area contributed by atoms with E-state index in [9.17, 15) is 13.8 Å². The van der Waals surface area contributed by atoms with Gasteiger partial charge in [-0.1, -0.05) is 12.2 Å². The summed E-state index contributed by atoms with van der Waals surface area (Å²) in [5.74, 6) is -0.491. The van der Waals surface area contributed by atoms with Crippen LogP contribution in [0.5, 0.6) is 5.75 Å². The Morgan fingerprint density at radius 1 is 1.05 bits per heavy atom. The summed E-state index contributed by atoms with van der Waals surface area (Å²) >= 11 is 0. The predicted molar refractivity (Wildman–Crippen MR) is 159 cm³/mol. The second kappa shape index (κ2) is 18.0. The van der Waals surface area contributed by atoms with Crippen LogP contribution in [0.25, 0.3) is 0 Å². The Morgan fingerprint density at radius 3 is 2.42 bits per heavy atom. The number of carbonyl (C=O) groups is 2. The molecule has 2 aliphatic heterocycles. The standard InChI is InChI=1S/C32H46O10S/c1-43(36)25-16-14-23(15-17-25)39-21-24(41-30-12-6-8-18-37-30)22-40-32-26(10-4-2-3-5-11-29(34)35)27(33)20-28(32)42-31-13-7-9-19-38-31/h2,4,14-17,24,26,28,30-32H,3,5-13,18-22H2,1H3,(H,34,35)/b4-2+. The monoisotopic (exact) mass is 622 g/mol. The summed E-state index contributed by atoms with van der Waals surface area (Å²) in [6, 6.07) is 7.13. The molecule has 1 saturated carbocycles. The molecule has 10 nitrogen and oxygen atoms in total. The smallest absolute Gasteiger partial charge is 0.303 e. The maximum absolute atomic E-state index is 13.2. The molecule has 0 radical (unpaired) electrons. The van der Waals surface area contributed by atoms with Crippen molar-refractivity contribution in [3.63, 3.8) is 0 Å². The van der Waals surface area contributed by atoms with Crippen molar-refractivity contribution in [1.29, 1.82) is 0 Å². The highest BCUT2D eigenvalue weighted by atomic mass is 32.2. The van der Waals surface area contributed by atoms with Gasteiger partial charge in [0.1, 0.15) is 24.2 Å². The number of carbonyl (C=O) groups excluding carboxylic acids is 1. The summed E-state index contributed by atoms with van der Waals surface area (Å²) in [4.78, 5) is 24.7. The van der Waals surface area contributed by atoms with Crippen molar-refractivity contribution in [1.82, 2.24) is 0 Å². The van der Waals surface area contributed by atoms with E-state index in [1.54, 1.807) is 30.5 Å². The fourth-order valence-electron chi connectivity index (χ4n) is 5.56. The van der Waals surface area contributed by atoms with E-state index < -0.39 is 35.1 Å². The van der Waals surface area contributed by atoms with E-state index >= 15 is 0 Å². The third-order valence-electron chi connectivity index (χ3n) is 7.91. The summed E-state index contributed by atoms with van der Waals surface area (Å²) in [5, 5.41) is 8.87. The largest absolute Gasteiger partial charge is 0.491 e. The number of hydrogen-bond donors (Lipinski definition) is 1. The summed E-state index contributed by atoms with van der Waals surface area (Å²) in [6.07, 6.45) is 11.1. The van der Waals surface area contributed by atoms with E-state index in [1.165, 1.54) is 0 Å². The van der Waals surface area contributed by atoms with E-state index in [1.807, 2.05) is 12.2 Å². The summed E-state index contributed by atoms with van der Waals surface area (Å²) in [5.41, 5.74) is 0. The van der Waals surface area contributed by atoms with Crippen LogP contribution in [0, 0.1) is 5.92 Å². The average Bonchev–Trinajstić information content (AvgIpc) is 3.30. The third-order valence-corrected chi connectivity index (χ3v) is 8.85. The molecule has 0 aromatic heterocycles. The second-order valence-corrected chi connectivity index (χ2v) is 12.7. The number of ketones is 1. The van der Waals surface area contributed by atoms with Gasteiger partial charge in [0.15, 0.2) is 12.6 Å². The molecule has 0 spiro atoms. The second-order valence-electron chi connectivity index (χ2n) is 11.3. The normalized spacial score (nSPS) is 27.7. The van der Waals surface area contributed by atoms with Crippen LogP contribution in [0.4, 0.5) is 0 Å². The van der Waals surface area contributed by atoms with Crippen LogP contribution in [0.2, 0.25) is 0 Å². The quantitative estimate of drug-likeness (QED) is 0.191. The fourth-order valence-corrected chi connectivity index (χ4v) is 6.08. The number of rotatable bonds is 17. The molecule has 1 N–H and O–H groups in total. The first-order chi connectivity index (χ1) is 20.9. The minimum absolute atomic E-state index is 0.0822. The average molecular weight is 623 g/mol. The predicted octanol–water partition coefficient (Wildman–Crippen LogP) is 4.80. The van der Waals surface area contributed by atoms with E-state index in [0.717, 1.165) is 43.4 Å². The number of hydrogen-bond acceptors (Lipinski definition) is 9. The van der Waals surface area contributed by atoms with Gasteiger partial charge in [-0.15, -0.1) is 0 Å². The number of ether oxygens (including phenoxy) is 6. The maximum atomic E-state index is 13.2. The van der Waals surface area contributed by atoms with Gasteiger partial charge in [-0.25, -0.2) is 0 Å². The zero-order valence-corrected chi connectivity index (χ0v) is 25.9. The number of aliphatic carboxylic acids is 1. The lowest BCUT2D eigenvalue weighted by Crippen LogP contribution is -2.40. The molecule has 1 aromatic carbocycles. The minimum Gasteiger partial charge on any atom is -0.491 e. The molecule has 1 aromatic rings. The molecule has 240 valence electrons. The Hall–Kier alpha value is -2.15. The highest BCUT2D eigenvalue weighted by Crippen LogP contribution is 2.33. The van der Waals surface area contributed by atoms with Crippen molar-refractivity contribution in [3.05, 3.63) is 36.4 Å². The molecular weight excluding hydrogens is 576 g/mol. The molecule has 3 aliphatic rings. The van der Waals surface area contributed by atoms with Crippen molar-refractivity contribution in [2.75, 3.05) is 32.7 Å². The number of carboxylic acid groups (broad SMARTS) is 1. The number of unbranched alkanes of at least 4 members (excludes halogenated alkanes) is 1. The van der Waals surface area contributed by atoms with Gasteiger partial charge < -0.3 is 33.5 Å². The molecule has 43 heavy (non-hydrogen) atoms. The van der Waals surface area contributed by atoms with Gasteiger partial charge in [-0.3, -0.25) is 13.8 Å². The van der Waals surface area contributed by atoms with Crippen molar-refractivity contribution < 1.29 is 47.3 Å². The molecule has 11 heteroatoms. The van der Waals surface area contributed by atoms with E-state index in [4.69, 9.17) is 33.5 Å². The molecule has 2 heterocycles. The topological polar surface area (TPSA) is 127 Å². The summed E-state index contributed by atoms with van der Waals surface area (Å²) in [6.45, 7) is 1.67. The van der Waals surface area contributed by atoms with Gasteiger partial charge in [0.05, 0.1) is 24.7 Å². The Morgan fingerprint density at radius 2 is 1.77 bits per heavy atom. The van der Waals surface area contributed by atoms with Gasteiger partial charge in [-0.2, -0.15) is 0 Å². The van der Waals surface area contributed by atoms with Crippen LogP contribution in [0.1, 0.15) is 70.6 Å². The molecule has 7 unspecified atom stereocenters. The molecule has 1 aliphatic carbocycles. The van der Waals surface area contributed by atoms with Crippen molar-refractivity contribution in [2.45, 2.75) is 106 Å². The third kappa shape index (κ3) is 11.4. The van der Waals surface area contributed by atoms with E-state index in [2.05, 4.69) is 0 Å². The van der Waals surface area contributed by atoms with Gasteiger partial charge >= 0.3 is 5.97 Å².